The first-order chi connectivity index (χ1) is 17.9. The number of primary amides is 1. The molecule has 1 aromatic carbocycles. The van der Waals surface area contributed by atoms with Gasteiger partial charge < -0.3 is 40.0 Å². The maximum atomic E-state index is 12.7. The normalized spacial score (nSPS) is 30.9. The van der Waals surface area contributed by atoms with Crippen LogP contribution in [0, 0.1) is 11.8 Å². The monoisotopic (exact) mass is 535 g/mol. The van der Waals surface area contributed by atoms with E-state index in [-0.39, 0.29) is 23.3 Å². The molecule has 2 rings (SSSR count). The number of phenols is 2. The molecule has 1 aliphatic heterocycles. The number of amides is 1. The van der Waals surface area contributed by atoms with Gasteiger partial charge in [-0.1, -0.05) is 26.0 Å². The van der Waals surface area contributed by atoms with Crippen LogP contribution in [-0.4, -0.2) is 66.0 Å². The summed E-state index contributed by atoms with van der Waals surface area (Å²) in [7, 11) is 3.00. The molecule has 1 heterocycles. The number of aromatic hydroxyl groups is 2. The molecule has 0 saturated carbocycles. The van der Waals surface area contributed by atoms with E-state index in [1.54, 1.807) is 26.0 Å². The van der Waals surface area contributed by atoms with Gasteiger partial charge in [-0.05, 0) is 57.1 Å². The van der Waals surface area contributed by atoms with Crippen molar-refractivity contribution in [2.45, 2.75) is 77.8 Å². The van der Waals surface area contributed by atoms with Crippen LogP contribution in [0.3, 0.4) is 0 Å². The molecule has 6 atom stereocenters. The van der Waals surface area contributed by atoms with Crippen LogP contribution in [0.5, 0.6) is 17.2 Å². The van der Waals surface area contributed by atoms with Crippen LogP contribution in [0.4, 0.5) is 4.79 Å². The van der Waals surface area contributed by atoms with Crippen molar-refractivity contribution >= 4 is 12.1 Å². The van der Waals surface area contributed by atoms with Crippen molar-refractivity contribution in [3.8, 4) is 17.2 Å². The minimum Gasteiger partial charge on any atom is -0.504 e. The van der Waals surface area contributed by atoms with Crippen molar-refractivity contribution < 1.29 is 43.9 Å². The summed E-state index contributed by atoms with van der Waals surface area (Å²) >= 11 is 0. The predicted octanol–water partition coefficient (Wildman–Crippen LogP) is 3.75. The van der Waals surface area contributed by atoms with Crippen LogP contribution >= 0.6 is 0 Å². The van der Waals surface area contributed by atoms with E-state index in [1.807, 2.05) is 13.8 Å². The standard InChI is InChI=1S/C28H41NO9/c1-15-10-19-13-20(14-21(30)25(19)32)37-27(33)16(2)8-7-9-22(35-5)26(38-28(29)34)18(4)12-17(3)24(31)23(11-15)36-6/h8,12-15,17,22-24,26,30-32H,7,9-11H2,1-6H3,(H2,29,34)/b16-8+,18-12-. The van der Waals surface area contributed by atoms with Gasteiger partial charge in [-0.3, -0.25) is 0 Å². The fourth-order valence-corrected chi connectivity index (χ4v) is 4.76. The van der Waals surface area contributed by atoms with Gasteiger partial charge in [0.2, 0.25) is 0 Å². The van der Waals surface area contributed by atoms with Gasteiger partial charge in [0.25, 0.3) is 0 Å². The van der Waals surface area contributed by atoms with Gasteiger partial charge in [0, 0.05) is 37.3 Å². The van der Waals surface area contributed by atoms with E-state index in [9.17, 15) is 24.9 Å². The summed E-state index contributed by atoms with van der Waals surface area (Å²) in [5, 5.41) is 31.7. The Bertz CT molecular complexity index is 1040. The molecule has 0 saturated heterocycles. The highest BCUT2D eigenvalue weighted by Gasteiger charge is 2.30. The Hall–Kier alpha value is -3.08. The third-order valence-electron chi connectivity index (χ3n) is 6.86. The van der Waals surface area contributed by atoms with Gasteiger partial charge >= 0.3 is 12.1 Å². The summed E-state index contributed by atoms with van der Waals surface area (Å²) in [5.74, 6) is -1.67. The fraction of sp³-hybridized carbons (Fsp3) is 0.571. The molecule has 38 heavy (non-hydrogen) atoms. The van der Waals surface area contributed by atoms with Gasteiger partial charge in [-0.2, -0.15) is 0 Å². The first-order valence-electron chi connectivity index (χ1n) is 12.7. The Morgan fingerprint density at radius 2 is 1.76 bits per heavy atom. The van der Waals surface area contributed by atoms with Crippen molar-refractivity contribution in [2.24, 2.45) is 17.6 Å². The number of phenolic OH excluding ortho intramolecular Hbond substituents is 2. The molecule has 2 bridgehead atoms. The second-order valence-corrected chi connectivity index (χ2v) is 10.0. The number of aliphatic hydroxyl groups excluding tert-OH is 1. The summed E-state index contributed by atoms with van der Waals surface area (Å²) in [4.78, 5) is 24.4. The lowest BCUT2D eigenvalue weighted by Crippen LogP contribution is -2.37. The predicted molar refractivity (Wildman–Crippen MR) is 141 cm³/mol. The highest BCUT2D eigenvalue weighted by atomic mass is 16.6. The summed E-state index contributed by atoms with van der Waals surface area (Å²) in [6, 6.07) is 2.70. The molecule has 212 valence electrons. The number of hydrogen-bond acceptors (Lipinski definition) is 9. The lowest BCUT2D eigenvalue weighted by atomic mass is 9.88. The fourth-order valence-electron chi connectivity index (χ4n) is 4.76. The summed E-state index contributed by atoms with van der Waals surface area (Å²) in [6.07, 6.45) is 1.27. The number of ether oxygens (including phenoxy) is 4. The molecule has 1 amide bonds. The molecule has 0 aromatic heterocycles. The highest BCUT2D eigenvalue weighted by molar-refractivity contribution is 5.89. The average Bonchev–Trinajstić information content (AvgIpc) is 2.85. The number of fused-ring (bicyclic) bond motifs is 2. The number of carbonyl (C=O) groups excluding carboxylic acids is 2. The summed E-state index contributed by atoms with van der Waals surface area (Å²) in [6.45, 7) is 7.14. The minimum absolute atomic E-state index is 0.0874. The number of rotatable bonds is 3. The summed E-state index contributed by atoms with van der Waals surface area (Å²) < 4.78 is 22.1. The van der Waals surface area contributed by atoms with E-state index in [1.165, 1.54) is 26.4 Å². The Labute approximate surface area is 224 Å². The average molecular weight is 536 g/mol. The first kappa shape index (κ1) is 31.1. The van der Waals surface area contributed by atoms with Crippen LogP contribution in [0.25, 0.3) is 0 Å². The van der Waals surface area contributed by atoms with E-state index in [4.69, 9.17) is 24.7 Å². The number of carbonyl (C=O) groups is 2. The highest BCUT2D eigenvalue weighted by Crippen LogP contribution is 2.36. The van der Waals surface area contributed by atoms with Crippen LogP contribution in [0.2, 0.25) is 0 Å². The molecule has 0 spiro atoms. The van der Waals surface area contributed by atoms with Gasteiger partial charge in [0.05, 0.1) is 18.3 Å². The zero-order valence-electron chi connectivity index (χ0n) is 23.0. The number of methoxy groups -OCH3 is 2. The van der Waals surface area contributed by atoms with Crippen molar-refractivity contribution in [2.75, 3.05) is 14.2 Å². The topological polar surface area (TPSA) is 158 Å². The third kappa shape index (κ3) is 8.47. The lowest BCUT2D eigenvalue weighted by molar-refractivity contribution is -0.130. The Kier molecular flexibility index (Phi) is 11.6. The van der Waals surface area contributed by atoms with E-state index in [0.29, 0.717) is 42.4 Å². The molecular weight excluding hydrogens is 494 g/mol. The number of hydrogen-bond donors (Lipinski definition) is 4. The second kappa shape index (κ2) is 14.2. The van der Waals surface area contributed by atoms with E-state index < -0.39 is 42.2 Å². The number of benzene rings is 1. The minimum atomic E-state index is -0.955. The largest absolute Gasteiger partial charge is 0.504 e. The van der Waals surface area contributed by atoms with Crippen LogP contribution in [0.1, 0.15) is 52.5 Å². The SMILES string of the molecule is COC1CC/C=C(\C)C(=O)Oc2cc(O)c(O)c(c2)CC(C)CC(OC)C(O)C(C)/C=C(/C)C1OC(N)=O. The van der Waals surface area contributed by atoms with Gasteiger partial charge in [0.15, 0.2) is 17.6 Å². The van der Waals surface area contributed by atoms with E-state index >= 15 is 0 Å². The quantitative estimate of drug-likeness (QED) is 0.196. The first-order valence-corrected chi connectivity index (χ1v) is 12.7. The van der Waals surface area contributed by atoms with Crippen molar-refractivity contribution in [3.63, 3.8) is 0 Å². The molecule has 10 nitrogen and oxygen atoms in total. The zero-order chi connectivity index (χ0) is 28.6. The lowest BCUT2D eigenvalue weighted by Gasteiger charge is -2.30. The maximum Gasteiger partial charge on any atom is 0.405 e. The number of esters is 1. The molecule has 1 aliphatic rings. The molecule has 0 radical (unpaired) electrons. The van der Waals surface area contributed by atoms with E-state index in [2.05, 4.69) is 0 Å². The Balaban J connectivity index is 2.51. The van der Waals surface area contributed by atoms with E-state index in [0.717, 1.165) is 0 Å². The number of allylic oxidation sites excluding steroid dienone is 1. The van der Waals surface area contributed by atoms with Crippen molar-refractivity contribution in [3.05, 3.63) is 41.0 Å². The molecule has 0 aliphatic carbocycles. The van der Waals surface area contributed by atoms with Crippen LogP contribution in [-0.2, 0) is 25.4 Å². The van der Waals surface area contributed by atoms with Crippen molar-refractivity contribution in [1.29, 1.82) is 0 Å². The molecule has 1 aromatic rings. The van der Waals surface area contributed by atoms with Crippen LogP contribution in [0.15, 0.2) is 35.4 Å². The smallest absolute Gasteiger partial charge is 0.405 e. The molecular formula is C28H41NO9. The van der Waals surface area contributed by atoms with Crippen molar-refractivity contribution in [1.82, 2.24) is 0 Å². The number of nitrogens with two attached hydrogens (primary N) is 1. The molecule has 10 heteroatoms. The zero-order valence-corrected chi connectivity index (χ0v) is 23.0. The molecule has 6 unspecified atom stereocenters. The maximum absolute atomic E-state index is 12.7. The molecule has 0 fully saturated rings. The summed E-state index contributed by atoms with van der Waals surface area (Å²) in [5.41, 5.74) is 6.73. The Morgan fingerprint density at radius 1 is 1.11 bits per heavy atom. The van der Waals surface area contributed by atoms with Crippen LogP contribution < -0.4 is 10.5 Å². The third-order valence-corrected chi connectivity index (χ3v) is 6.86. The van der Waals surface area contributed by atoms with Gasteiger partial charge in [0.1, 0.15) is 5.75 Å². The Morgan fingerprint density at radius 3 is 2.37 bits per heavy atom. The number of aliphatic hydroxyl groups is 1. The van der Waals surface area contributed by atoms with Gasteiger partial charge in [-0.25, -0.2) is 9.59 Å². The molecule has 5 N–H and O–H groups in total. The second-order valence-electron chi connectivity index (χ2n) is 10.0. The van der Waals surface area contributed by atoms with Gasteiger partial charge in [-0.15, -0.1) is 0 Å².